The van der Waals surface area contributed by atoms with Crippen LogP contribution in [0.5, 0.6) is 0 Å². The Kier molecular flexibility index (Phi) is 4.76. The number of rotatable bonds is 4. The number of nitrogen functional groups attached to an aromatic ring is 1. The molecule has 0 bridgehead atoms. The standard InChI is InChI=1S/C15H24N2O/c1-6-12(7-2)17(5)15(18)13-9-14(16)11(4)8-10(13)3/h8-9,12H,6-7,16H2,1-5H3. The first kappa shape index (κ1) is 14.6. The highest BCUT2D eigenvalue weighted by molar-refractivity contribution is 5.96. The molecule has 0 aliphatic heterocycles. The molecule has 0 aliphatic rings. The molecule has 0 radical (unpaired) electrons. The second-order valence-electron chi connectivity index (χ2n) is 4.91. The minimum atomic E-state index is 0.0629. The highest BCUT2D eigenvalue weighted by Crippen LogP contribution is 2.20. The Hall–Kier alpha value is -1.51. The van der Waals surface area contributed by atoms with Gasteiger partial charge in [0.25, 0.3) is 5.91 Å². The predicted octanol–water partition coefficient (Wildman–Crippen LogP) is 3.15. The lowest BCUT2D eigenvalue weighted by molar-refractivity contribution is 0.0723. The van der Waals surface area contributed by atoms with Gasteiger partial charge < -0.3 is 10.6 Å². The third-order valence-electron chi connectivity index (χ3n) is 3.65. The number of aryl methyl sites for hydroxylation is 2. The molecule has 0 fully saturated rings. The minimum Gasteiger partial charge on any atom is -0.398 e. The fourth-order valence-electron chi connectivity index (χ4n) is 2.29. The zero-order chi connectivity index (χ0) is 13.9. The molecule has 1 aromatic carbocycles. The molecule has 0 heterocycles. The zero-order valence-corrected chi connectivity index (χ0v) is 12.1. The van der Waals surface area contributed by atoms with Crippen molar-refractivity contribution in [2.45, 2.75) is 46.6 Å². The molecular formula is C15H24N2O. The maximum atomic E-state index is 12.5. The third kappa shape index (κ3) is 2.84. The van der Waals surface area contributed by atoms with E-state index in [0.717, 1.165) is 24.0 Å². The molecule has 0 atom stereocenters. The van der Waals surface area contributed by atoms with Crippen molar-refractivity contribution < 1.29 is 4.79 Å². The maximum absolute atomic E-state index is 12.5. The van der Waals surface area contributed by atoms with Crippen LogP contribution in [0.15, 0.2) is 12.1 Å². The molecule has 0 unspecified atom stereocenters. The SMILES string of the molecule is CCC(CC)N(C)C(=O)c1cc(N)c(C)cc1C. The lowest BCUT2D eigenvalue weighted by Crippen LogP contribution is -2.36. The first-order valence-corrected chi connectivity index (χ1v) is 6.56. The van der Waals surface area contributed by atoms with E-state index in [1.807, 2.05) is 31.9 Å². The number of benzene rings is 1. The average Bonchev–Trinajstić information content (AvgIpc) is 2.34. The second-order valence-corrected chi connectivity index (χ2v) is 4.91. The largest absolute Gasteiger partial charge is 0.398 e. The van der Waals surface area contributed by atoms with Crippen molar-refractivity contribution in [3.63, 3.8) is 0 Å². The van der Waals surface area contributed by atoms with Crippen LogP contribution in [0.2, 0.25) is 0 Å². The van der Waals surface area contributed by atoms with Gasteiger partial charge in [-0.1, -0.05) is 19.9 Å². The van der Waals surface area contributed by atoms with E-state index in [0.29, 0.717) is 17.3 Å². The predicted molar refractivity (Wildman–Crippen MR) is 76.8 cm³/mol. The third-order valence-corrected chi connectivity index (χ3v) is 3.65. The summed E-state index contributed by atoms with van der Waals surface area (Å²) in [6.07, 6.45) is 1.94. The highest BCUT2D eigenvalue weighted by Gasteiger charge is 2.20. The lowest BCUT2D eigenvalue weighted by atomic mass is 10.0. The highest BCUT2D eigenvalue weighted by atomic mass is 16.2. The molecule has 0 saturated heterocycles. The Bertz CT molecular complexity index is 436. The first-order valence-electron chi connectivity index (χ1n) is 6.56. The summed E-state index contributed by atoms with van der Waals surface area (Å²) in [5.74, 6) is 0.0629. The molecule has 3 heteroatoms. The van der Waals surface area contributed by atoms with Crippen LogP contribution >= 0.6 is 0 Å². The molecule has 0 aliphatic carbocycles. The quantitative estimate of drug-likeness (QED) is 0.832. The molecule has 100 valence electrons. The van der Waals surface area contributed by atoms with E-state index < -0.39 is 0 Å². The van der Waals surface area contributed by atoms with Crippen molar-refractivity contribution >= 4 is 11.6 Å². The summed E-state index contributed by atoms with van der Waals surface area (Å²) in [7, 11) is 1.87. The van der Waals surface area contributed by atoms with Crippen molar-refractivity contribution in [3.05, 3.63) is 28.8 Å². The normalized spacial score (nSPS) is 10.8. The number of anilines is 1. The van der Waals surface area contributed by atoms with Gasteiger partial charge in [-0.05, 0) is 43.9 Å². The van der Waals surface area contributed by atoms with Crippen LogP contribution in [0.4, 0.5) is 5.69 Å². The van der Waals surface area contributed by atoms with E-state index in [2.05, 4.69) is 13.8 Å². The number of amides is 1. The van der Waals surface area contributed by atoms with Crippen LogP contribution in [0.1, 0.15) is 48.2 Å². The fourth-order valence-corrected chi connectivity index (χ4v) is 2.29. The van der Waals surface area contributed by atoms with Gasteiger partial charge >= 0.3 is 0 Å². The summed E-state index contributed by atoms with van der Waals surface area (Å²) in [4.78, 5) is 14.3. The molecule has 0 saturated carbocycles. The van der Waals surface area contributed by atoms with Gasteiger partial charge in [0.15, 0.2) is 0 Å². The van der Waals surface area contributed by atoms with Crippen molar-refractivity contribution in [3.8, 4) is 0 Å². The fraction of sp³-hybridized carbons (Fsp3) is 0.533. The number of nitrogens with zero attached hydrogens (tertiary/aromatic N) is 1. The summed E-state index contributed by atoms with van der Waals surface area (Å²) in [6, 6.07) is 4.06. The van der Waals surface area contributed by atoms with Gasteiger partial charge in [0.1, 0.15) is 0 Å². The van der Waals surface area contributed by atoms with Crippen LogP contribution in [0, 0.1) is 13.8 Å². The molecule has 0 spiro atoms. The summed E-state index contributed by atoms with van der Waals surface area (Å²) in [5, 5.41) is 0. The van der Waals surface area contributed by atoms with Gasteiger partial charge in [-0.3, -0.25) is 4.79 Å². The van der Waals surface area contributed by atoms with Crippen molar-refractivity contribution in [2.24, 2.45) is 0 Å². The number of carbonyl (C=O) groups excluding carboxylic acids is 1. The number of hydrogen-bond donors (Lipinski definition) is 1. The van der Waals surface area contributed by atoms with Gasteiger partial charge in [0.2, 0.25) is 0 Å². The first-order chi connectivity index (χ1) is 8.42. The molecule has 18 heavy (non-hydrogen) atoms. The van der Waals surface area contributed by atoms with Gasteiger partial charge in [0.05, 0.1) is 0 Å². The molecule has 2 N–H and O–H groups in total. The van der Waals surface area contributed by atoms with E-state index in [4.69, 9.17) is 5.73 Å². The number of nitrogens with two attached hydrogens (primary N) is 1. The van der Waals surface area contributed by atoms with Crippen LogP contribution in [-0.2, 0) is 0 Å². The van der Waals surface area contributed by atoms with Crippen LogP contribution < -0.4 is 5.73 Å². The van der Waals surface area contributed by atoms with Crippen molar-refractivity contribution in [2.75, 3.05) is 12.8 Å². The molecule has 1 amide bonds. The molecule has 3 nitrogen and oxygen atoms in total. The summed E-state index contributed by atoms with van der Waals surface area (Å²) >= 11 is 0. The van der Waals surface area contributed by atoms with Gasteiger partial charge in [-0.25, -0.2) is 0 Å². The lowest BCUT2D eigenvalue weighted by Gasteiger charge is -2.27. The zero-order valence-electron chi connectivity index (χ0n) is 12.1. The van der Waals surface area contributed by atoms with E-state index in [1.54, 1.807) is 6.07 Å². The van der Waals surface area contributed by atoms with Crippen LogP contribution in [0.25, 0.3) is 0 Å². The Labute approximate surface area is 110 Å². The van der Waals surface area contributed by atoms with Crippen LogP contribution in [0.3, 0.4) is 0 Å². The van der Waals surface area contributed by atoms with Gasteiger partial charge in [-0.15, -0.1) is 0 Å². The summed E-state index contributed by atoms with van der Waals surface area (Å²) in [6.45, 7) is 8.13. The van der Waals surface area contributed by atoms with Crippen molar-refractivity contribution in [1.29, 1.82) is 0 Å². The Morgan fingerprint density at radius 1 is 1.22 bits per heavy atom. The molecule has 0 aromatic heterocycles. The molecule has 1 aromatic rings. The number of carbonyl (C=O) groups is 1. The Balaban J connectivity index is 3.07. The smallest absolute Gasteiger partial charge is 0.254 e. The topological polar surface area (TPSA) is 46.3 Å². The maximum Gasteiger partial charge on any atom is 0.254 e. The van der Waals surface area contributed by atoms with E-state index in [9.17, 15) is 4.79 Å². The Morgan fingerprint density at radius 3 is 2.28 bits per heavy atom. The van der Waals surface area contributed by atoms with Gasteiger partial charge in [0, 0.05) is 24.3 Å². The van der Waals surface area contributed by atoms with Crippen LogP contribution in [-0.4, -0.2) is 23.9 Å². The van der Waals surface area contributed by atoms with E-state index in [-0.39, 0.29) is 5.91 Å². The average molecular weight is 248 g/mol. The summed E-state index contributed by atoms with van der Waals surface area (Å²) in [5.41, 5.74) is 9.31. The van der Waals surface area contributed by atoms with Gasteiger partial charge in [-0.2, -0.15) is 0 Å². The van der Waals surface area contributed by atoms with Crippen molar-refractivity contribution in [1.82, 2.24) is 4.90 Å². The minimum absolute atomic E-state index is 0.0629. The second kappa shape index (κ2) is 5.89. The van der Waals surface area contributed by atoms with E-state index >= 15 is 0 Å². The number of hydrogen-bond acceptors (Lipinski definition) is 2. The molecule has 1 rings (SSSR count). The molecular weight excluding hydrogens is 224 g/mol. The Morgan fingerprint density at radius 2 is 1.78 bits per heavy atom. The summed E-state index contributed by atoms with van der Waals surface area (Å²) < 4.78 is 0. The monoisotopic (exact) mass is 248 g/mol. The van der Waals surface area contributed by atoms with E-state index in [1.165, 1.54) is 0 Å².